The number of aromatic nitrogens is 1. The third kappa shape index (κ3) is 3.61. The van der Waals surface area contributed by atoms with Gasteiger partial charge < -0.3 is 15.4 Å². The molecule has 1 saturated heterocycles. The van der Waals surface area contributed by atoms with Gasteiger partial charge in [-0.05, 0) is 40.0 Å². The Morgan fingerprint density at radius 1 is 1.44 bits per heavy atom. The molecule has 7 heteroatoms. The van der Waals surface area contributed by atoms with E-state index >= 15 is 0 Å². The van der Waals surface area contributed by atoms with Crippen molar-refractivity contribution in [3.63, 3.8) is 0 Å². The highest BCUT2D eigenvalue weighted by Gasteiger charge is 2.31. The smallest absolute Gasteiger partial charge is 0.251 e. The van der Waals surface area contributed by atoms with Crippen LogP contribution in [0.1, 0.15) is 30.1 Å². The average molecular weight is 406 g/mol. The summed E-state index contributed by atoms with van der Waals surface area (Å²) in [4.78, 5) is 27.8. The molecule has 1 unspecified atom stereocenters. The summed E-state index contributed by atoms with van der Waals surface area (Å²) in [6.07, 6.45) is 3.14. The zero-order chi connectivity index (χ0) is 18.0. The van der Waals surface area contributed by atoms with Crippen molar-refractivity contribution in [2.24, 2.45) is 5.92 Å². The molecule has 1 aliphatic heterocycles. The number of nitrogens with zero attached hydrogens (tertiary/aromatic N) is 1. The van der Waals surface area contributed by atoms with E-state index in [9.17, 15) is 9.59 Å². The van der Waals surface area contributed by atoms with E-state index in [1.165, 1.54) is 0 Å². The van der Waals surface area contributed by atoms with E-state index in [-0.39, 0.29) is 23.8 Å². The van der Waals surface area contributed by atoms with Gasteiger partial charge in [-0.25, -0.2) is 4.98 Å². The minimum absolute atomic E-state index is 0.00291. The van der Waals surface area contributed by atoms with Gasteiger partial charge in [0.2, 0.25) is 11.8 Å². The van der Waals surface area contributed by atoms with Gasteiger partial charge in [0.05, 0.1) is 6.04 Å². The second-order valence-electron chi connectivity index (χ2n) is 6.11. The number of fused-ring (bicyclic) bond motifs is 1. The molecule has 0 aliphatic carbocycles. The van der Waals surface area contributed by atoms with Crippen molar-refractivity contribution in [3.05, 3.63) is 34.4 Å². The number of halogens is 1. The van der Waals surface area contributed by atoms with Gasteiger partial charge in [0.1, 0.15) is 6.61 Å². The second kappa shape index (κ2) is 7.39. The van der Waals surface area contributed by atoms with Crippen molar-refractivity contribution in [2.75, 3.05) is 13.7 Å². The van der Waals surface area contributed by atoms with Crippen molar-refractivity contribution in [1.82, 2.24) is 15.6 Å². The van der Waals surface area contributed by atoms with Gasteiger partial charge in [-0.1, -0.05) is 13.3 Å². The maximum absolute atomic E-state index is 11.8. The number of rotatable bonds is 5. The average Bonchev–Trinajstić information content (AvgIpc) is 3.00. The quantitative estimate of drug-likeness (QED) is 0.800. The number of carbonyl (C=O) groups excluding carboxylic acids is 2. The first-order chi connectivity index (χ1) is 12.0. The Hall–Kier alpha value is -2.15. The highest BCUT2D eigenvalue weighted by Crippen LogP contribution is 2.31. The van der Waals surface area contributed by atoms with Crippen LogP contribution in [0.15, 0.2) is 28.9 Å². The molecule has 2 atom stereocenters. The SMILES string of the molecule is CCC1CC(=O)N[C@@H]1COc1ncc(Br)c2cc(C(=O)NC)ccc12. The van der Waals surface area contributed by atoms with Crippen molar-refractivity contribution in [3.8, 4) is 5.88 Å². The number of nitrogens with one attached hydrogen (secondary N) is 2. The lowest BCUT2D eigenvalue weighted by atomic mass is 9.98. The van der Waals surface area contributed by atoms with Gasteiger partial charge in [-0.2, -0.15) is 0 Å². The molecule has 2 amide bonds. The molecule has 1 aliphatic rings. The van der Waals surface area contributed by atoms with E-state index in [1.54, 1.807) is 25.4 Å². The van der Waals surface area contributed by atoms with Crippen LogP contribution < -0.4 is 15.4 Å². The van der Waals surface area contributed by atoms with E-state index in [1.807, 2.05) is 6.07 Å². The van der Waals surface area contributed by atoms with E-state index in [2.05, 4.69) is 38.5 Å². The number of ether oxygens (including phenoxy) is 1. The minimum Gasteiger partial charge on any atom is -0.475 e. The van der Waals surface area contributed by atoms with Crippen LogP contribution in [0.25, 0.3) is 10.8 Å². The van der Waals surface area contributed by atoms with E-state index in [4.69, 9.17) is 4.74 Å². The van der Waals surface area contributed by atoms with Gasteiger partial charge in [0, 0.05) is 40.5 Å². The summed E-state index contributed by atoms with van der Waals surface area (Å²) in [5.74, 6) is 0.712. The van der Waals surface area contributed by atoms with Crippen LogP contribution in [-0.2, 0) is 4.79 Å². The molecular weight excluding hydrogens is 386 g/mol. The highest BCUT2D eigenvalue weighted by atomic mass is 79.9. The third-order valence-electron chi connectivity index (χ3n) is 4.58. The first kappa shape index (κ1) is 17.7. The number of pyridine rings is 1. The molecule has 2 aromatic rings. The minimum atomic E-state index is -0.146. The van der Waals surface area contributed by atoms with E-state index in [0.717, 1.165) is 21.7 Å². The Kier molecular flexibility index (Phi) is 5.22. The van der Waals surface area contributed by atoms with Crippen LogP contribution in [-0.4, -0.2) is 36.5 Å². The Morgan fingerprint density at radius 2 is 2.24 bits per heavy atom. The largest absolute Gasteiger partial charge is 0.475 e. The lowest BCUT2D eigenvalue weighted by molar-refractivity contribution is -0.119. The molecule has 0 spiro atoms. The zero-order valence-electron chi connectivity index (χ0n) is 14.1. The predicted molar refractivity (Wildman–Crippen MR) is 98.7 cm³/mol. The molecule has 132 valence electrons. The number of hydrogen-bond donors (Lipinski definition) is 2. The van der Waals surface area contributed by atoms with Crippen molar-refractivity contribution in [2.45, 2.75) is 25.8 Å². The molecule has 0 radical (unpaired) electrons. The second-order valence-corrected chi connectivity index (χ2v) is 6.96. The molecule has 1 fully saturated rings. The van der Waals surface area contributed by atoms with Crippen LogP contribution in [0.5, 0.6) is 5.88 Å². The molecule has 0 bridgehead atoms. The van der Waals surface area contributed by atoms with Gasteiger partial charge in [-0.3, -0.25) is 9.59 Å². The highest BCUT2D eigenvalue weighted by molar-refractivity contribution is 9.10. The van der Waals surface area contributed by atoms with Crippen molar-refractivity contribution >= 4 is 38.5 Å². The number of hydrogen-bond acceptors (Lipinski definition) is 4. The Morgan fingerprint density at radius 3 is 2.96 bits per heavy atom. The molecule has 0 saturated carbocycles. The fourth-order valence-electron chi connectivity index (χ4n) is 3.12. The summed E-state index contributed by atoms with van der Waals surface area (Å²) in [7, 11) is 1.60. The fraction of sp³-hybridized carbons (Fsp3) is 0.389. The topological polar surface area (TPSA) is 80.3 Å². The van der Waals surface area contributed by atoms with Gasteiger partial charge in [-0.15, -0.1) is 0 Å². The van der Waals surface area contributed by atoms with Gasteiger partial charge in [0.15, 0.2) is 0 Å². The predicted octanol–water partition coefficient (Wildman–Crippen LogP) is 2.65. The summed E-state index contributed by atoms with van der Waals surface area (Å²) >= 11 is 3.48. The van der Waals surface area contributed by atoms with E-state index < -0.39 is 0 Å². The normalized spacial score (nSPS) is 19.7. The van der Waals surface area contributed by atoms with Crippen molar-refractivity contribution in [1.29, 1.82) is 0 Å². The van der Waals surface area contributed by atoms with Gasteiger partial charge in [0.25, 0.3) is 5.91 Å². The lowest BCUT2D eigenvalue weighted by Crippen LogP contribution is -2.34. The molecular formula is C18H20BrN3O3. The summed E-state index contributed by atoms with van der Waals surface area (Å²) in [6.45, 7) is 2.46. The molecule has 25 heavy (non-hydrogen) atoms. The molecule has 6 nitrogen and oxygen atoms in total. The Labute approximate surface area is 154 Å². The Balaban J connectivity index is 1.86. The summed E-state index contributed by atoms with van der Waals surface area (Å²) < 4.78 is 6.71. The number of carbonyl (C=O) groups is 2. The first-order valence-electron chi connectivity index (χ1n) is 8.26. The standard InChI is InChI=1S/C18H20BrN3O3/c1-3-10-7-16(23)22-15(10)9-25-18-12-5-4-11(17(24)20-2)6-13(12)14(19)8-21-18/h4-6,8,10,15H,3,7,9H2,1-2H3,(H,20,24)(H,22,23)/t10?,15-/m1/s1. The van der Waals surface area contributed by atoms with Crippen molar-refractivity contribution < 1.29 is 14.3 Å². The van der Waals surface area contributed by atoms with E-state index in [0.29, 0.717) is 24.5 Å². The van der Waals surface area contributed by atoms with Crippen LogP contribution in [0.3, 0.4) is 0 Å². The monoisotopic (exact) mass is 405 g/mol. The summed E-state index contributed by atoms with van der Waals surface area (Å²) in [5, 5.41) is 7.25. The van der Waals surface area contributed by atoms with Crippen LogP contribution in [0.4, 0.5) is 0 Å². The molecule has 1 aromatic heterocycles. The third-order valence-corrected chi connectivity index (χ3v) is 5.21. The van der Waals surface area contributed by atoms with Crippen LogP contribution in [0.2, 0.25) is 0 Å². The maximum Gasteiger partial charge on any atom is 0.251 e. The molecule has 3 rings (SSSR count). The fourth-order valence-corrected chi connectivity index (χ4v) is 3.55. The zero-order valence-corrected chi connectivity index (χ0v) is 15.7. The maximum atomic E-state index is 11.8. The molecule has 2 N–H and O–H groups in total. The summed E-state index contributed by atoms with van der Waals surface area (Å²) in [5.41, 5.74) is 0.571. The Bertz CT molecular complexity index is 825. The van der Waals surface area contributed by atoms with Crippen LogP contribution >= 0.6 is 15.9 Å². The van der Waals surface area contributed by atoms with Crippen LogP contribution in [0, 0.1) is 5.92 Å². The first-order valence-corrected chi connectivity index (χ1v) is 9.05. The number of amides is 2. The lowest BCUT2D eigenvalue weighted by Gasteiger charge is -2.18. The summed E-state index contributed by atoms with van der Waals surface area (Å²) in [6, 6.07) is 5.38. The molecule has 2 heterocycles. The molecule has 1 aromatic carbocycles. The van der Waals surface area contributed by atoms with Gasteiger partial charge >= 0.3 is 0 Å². The number of benzene rings is 1.